The lowest BCUT2D eigenvalue weighted by Crippen LogP contribution is -2.28. The molecular weight excluding hydrogens is 278 g/mol. The van der Waals surface area contributed by atoms with Crippen LogP contribution in [0.2, 0.25) is 0 Å². The molecule has 2 heterocycles. The lowest BCUT2D eigenvalue weighted by atomic mass is 10.1. The number of benzene rings is 1. The summed E-state index contributed by atoms with van der Waals surface area (Å²) in [6.07, 6.45) is 0. The second-order valence-corrected chi connectivity index (χ2v) is 5.61. The van der Waals surface area contributed by atoms with Crippen LogP contribution in [-0.4, -0.2) is 24.2 Å². The number of fused-ring (bicyclic) bond motifs is 1. The number of hydrogen-bond donors (Lipinski definition) is 2. The van der Waals surface area contributed by atoms with E-state index in [4.69, 9.17) is 5.73 Å². The summed E-state index contributed by atoms with van der Waals surface area (Å²) < 4.78 is 28.5. The summed E-state index contributed by atoms with van der Waals surface area (Å²) in [4.78, 5) is 8.61. The van der Waals surface area contributed by atoms with Gasteiger partial charge in [0, 0.05) is 5.56 Å². The maximum absolute atomic E-state index is 11.4. The third kappa shape index (κ3) is 2.10. The molecule has 20 heavy (non-hydrogen) atoms. The molecule has 0 unspecified atom stereocenters. The molecule has 0 radical (unpaired) electrons. The predicted octanol–water partition coefficient (Wildman–Crippen LogP) is 0.828. The smallest absolute Gasteiger partial charge is 0.345 e. The summed E-state index contributed by atoms with van der Waals surface area (Å²) in [6, 6.07) is 9.45. The molecule has 0 saturated heterocycles. The Morgan fingerprint density at radius 1 is 1.10 bits per heavy atom. The highest BCUT2D eigenvalue weighted by molar-refractivity contribution is 7.91. The van der Waals surface area contributed by atoms with Crippen LogP contribution in [0, 0.1) is 6.92 Å². The van der Waals surface area contributed by atoms with Crippen molar-refractivity contribution in [3.8, 4) is 11.3 Å². The first-order valence-corrected chi connectivity index (χ1v) is 7.23. The van der Waals surface area contributed by atoms with Gasteiger partial charge in [0.15, 0.2) is 17.3 Å². The van der Waals surface area contributed by atoms with E-state index < -0.39 is 10.2 Å². The van der Waals surface area contributed by atoms with Crippen LogP contribution in [-0.2, 0) is 10.2 Å². The molecule has 0 fully saturated rings. The van der Waals surface area contributed by atoms with Crippen LogP contribution in [0.5, 0.6) is 0 Å². The second-order valence-electron chi connectivity index (χ2n) is 4.27. The highest BCUT2D eigenvalue weighted by Crippen LogP contribution is 2.25. The Morgan fingerprint density at radius 2 is 1.80 bits per heavy atom. The topological polar surface area (TPSA) is 110 Å². The molecule has 2 aromatic rings. The van der Waals surface area contributed by atoms with Crippen molar-refractivity contribution in [1.82, 2.24) is 9.97 Å². The molecule has 0 saturated carbocycles. The largest absolute Gasteiger partial charge is 0.381 e. The minimum atomic E-state index is -3.83. The second kappa shape index (κ2) is 4.27. The van der Waals surface area contributed by atoms with Crippen molar-refractivity contribution in [3.05, 3.63) is 41.7 Å². The fraction of sp³-hybridized carbons (Fsp3) is 0.0833. The van der Waals surface area contributed by atoms with Gasteiger partial charge in [-0.15, -0.1) is 4.40 Å². The van der Waals surface area contributed by atoms with Gasteiger partial charge in [-0.2, -0.15) is 8.42 Å². The Labute approximate surface area is 115 Å². The average Bonchev–Trinajstić information content (AvgIpc) is 2.37. The maximum Gasteiger partial charge on any atom is 0.345 e. The number of anilines is 1. The zero-order valence-corrected chi connectivity index (χ0v) is 11.3. The molecule has 3 rings (SSSR count). The van der Waals surface area contributed by atoms with Gasteiger partial charge in [-0.25, -0.2) is 14.7 Å². The van der Waals surface area contributed by atoms with E-state index in [9.17, 15) is 8.42 Å². The maximum atomic E-state index is 11.4. The molecule has 102 valence electrons. The molecule has 8 heteroatoms. The molecule has 0 spiro atoms. The molecule has 7 nitrogen and oxygen atoms in total. The van der Waals surface area contributed by atoms with Crippen molar-refractivity contribution in [3.63, 3.8) is 0 Å². The Morgan fingerprint density at radius 3 is 2.50 bits per heavy atom. The van der Waals surface area contributed by atoms with Gasteiger partial charge in [-0.3, -0.25) is 0 Å². The Bertz CT molecular complexity index is 815. The van der Waals surface area contributed by atoms with Crippen LogP contribution in [0.3, 0.4) is 0 Å². The quantitative estimate of drug-likeness (QED) is 0.807. The van der Waals surface area contributed by atoms with Gasteiger partial charge in [0.1, 0.15) is 0 Å². The summed E-state index contributed by atoms with van der Waals surface area (Å²) in [5, 5.41) is 0. The predicted molar refractivity (Wildman–Crippen MR) is 75.5 cm³/mol. The molecule has 0 aliphatic carbocycles. The fourth-order valence-corrected chi connectivity index (χ4v) is 2.73. The van der Waals surface area contributed by atoms with Gasteiger partial charge in [0.25, 0.3) is 0 Å². The van der Waals surface area contributed by atoms with E-state index in [0.717, 1.165) is 5.56 Å². The summed E-state index contributed by atoms with van der Waals surface area (Å²) in [5.41, 5.74) is 8.01. The van der Waals surface area contributed by atoms with Gasteiger partial charge in [0.05, 0.1) is 11.4 Å². The molecule has 1 aromatic carbocycles. The number of nitrogens with one attached hydrogen (secondary N) is 1. The van der Waals surface area contributed by atoms with E-state index >= 15 is 0 Å². The molecule has 0 amide bonds. The first-order valence-electron chi connectivity index (χ1n) is 5.79. The number of aryl methyl sites for hydroxylation is 1. The number of rotatable bonds is 1. The number of aromatic nitrogens is 2. The molecule has 1 aliphatic rings. The minimum absolute atomic E-state index is 0.106. The summed E-state index contributed by atoms with van der Waals surface area (Å²) in [7, 11) is -3.83. The SMILES string of the molecule is Cc1nc2c(nc1-c1ccccc1)C(N)=NS(=O)(=O)N2. The first-order chi connectivity index (χ1) is 9.46. The highest BCUT2D eigenvalue weighted by atomic mass is 32.2. The molecule has 0 atom stereocenters. The normalized spacial score (nSPS) is 15.9. The average molecular weight is 289 g/mol. The van der Waals surface area contributed by atoms with Gasteiger partial charge < -0.3 is 5.73 Å². The monoisotopic (exact) mass is 289 g/mol. The lowest BCUT2D eigenvalue weighted by molar-refractivity contribution is 0.602. The Balaban J connectivity index is 2.22. The number of hydrogen-bond acceptors (Lipinski definition) is 5. The van der Waals surface area contributed by atoms with E-state index in [2.05, 4.69) is 19.1 Å². The number of nitrogens with two attached hydrogens (primary N) is 1. The zero-order valence-electron chi connectivity index (χ0n) is 10.5. The van der Waals surface area contributed by atoms with E-state index in [1.165, 1.54) is 0 Å². The number of nitrogens with zero attached hydrogens (tertiary/aromatic N) is 3. The summed E-state index contributed by atoms with van der Waals surface area (Å²) in [5.74, 6) is -0.0573. The molecule has 3 N–H and O–H groups in total. The van der Waals surface area contributed by atoms with Crippen molar-refractivity contribution in [2.45, 2.75) is 6.92 Å². The van der Waals surface area contributed by atoms with Crippen LogP contribution < -0.4 is 10.5 Å². The fourth-order valence-electron chi connectivity index (χ4n) is 1.96. The van der Waals surface area contributed by atoms with Crippen LogP contribution in [0.1, 0.15) is 11.4 Å². The van der Waals surface area contributed by atoms with Crippen molar-refractivity contribution in [1.29, 1.82) is 0 Å². The standard InChI is InChI=1S/C12H11N5O2S/c1-7-9(8-5-3-2-4-6-8)15-10-11(13)16-20(18,19)17-12(10)14-7/h2-6H,1H3,(H2,13,16)(H,14,17). The first kappa shape index (κ1) is 12.5. The van der Waals surface area contributed by atoms with Gasteiger partial charge in [-0.05, 0) is 6.92 Å². The van der Waals surface area contributed by atoms with Crippen molar-refractivity contribution in [2.75, 3.05) is 4.72 Å². The minimum Gasteiger partial charge on any atom is -0.381 e. The van der Waals surface area contributed by atoms with E-state index in [1.54, 1.807) is 6.92 Å². The highest BCUT2D eigenvalue weighted by Gasteiger charge is 2.25. The van der Waals surface area contributed by atoms with Crippen LogP contribution >= 0.6 is 0 Å². The van der Waals surface area contributed by atoms with Gasteiger partial charge in [-0.1, -0.05) is 30.3 Å². The third-order valence-corrected chi connectivity index (χ3v) is 3.69. The van der Waals surface area contributed by atoms with E-state index in [-0.39, 0.29) is 17.3 Å². The molecule has 0 bridgehead atoms. The van der Waals surface area contributed by atoms with E-state index in [0.29, 0.717) is 11.4 Å². The zero-order chi connectivity index (χ0) is 14.3. The van der Waals surface area contributed by atoms with Gasteiger partial charge in [0.2, 0.25) is 0 Å². The summed E-state index contributed by atoms with van der Waals surface area (Å²) >= 11 is 0. The van der Waals surface area contributed by atoms with Crippen molar-refractivity contribution in [2.24, 2.45) is 10.1 Å². The van der Waals surface area contributed by atoms with Crippen LogP contribution in [0.4, 0.5) is 5.82 Å². The van der Waals surface area contributed by atoms with Crippen molar-refractivity contribution < 1.29 is 8.42 Å². The van der Waals surface area contributed by atoms with Gasteiger partial charge >= 0.3 is 10.2 Å². The molecule has 1 aromatic heterocycles. The number of amidine groups is 1. The lowest BCUT2D eigenvalue weighted by Gasteiger charge is -2.16. The van der Waals surface area contributed by atoms with Crippen LogP contribution in [0.25, 0.3) is 11.3 Å². The van der Waals surface area contributed by atoms with Crippen LogP contribution in [0.15, 0.2) is 34.7 Å². The van der Waals surface area contributed by atoms with E-state index in [1.807, 2.05) is 30.3 Å². The molecular formula is C12H11N5O2S. The van der Waals surface area contributed by atoms with Crippen molar-refractivity contribution >= 4 is 21.9 Å². The summed E-state index contributed by atoms with van der Waals surface area (Å²) in [6.45, 7) is 1.76. The Hall–Kier alpha value is -2.48. The molecule has 1 aliphatic heterocycles. The Kier molecular flexibility index (Phi) is 2.68. The third-order valence-electron chi connectivity index (χ3n) is 2.80.